The molecule has 1 aromatic rings. The van der Waals surface area contributed by atoms with Crippen LogP contribution in [0.4, 0.5) is 15.8 Å². The van der Waals surface area contributed by atoms with Crippen molar-refractivity contribution in [2.24, 2.45) is 11.8 Å². The fourth-order valence-electron chi connectivity index (χ4n) is 2.54. The number of nitrogens with one attached hydrogen (secondary N) is 2. The molecule has 0 spiro atoms. The molecule has 21 heavy (non-hydrogen) atoms. The van der Waals surface area contributed by atoms with Crippen LogP contribution in [0.25, 0.3) is 0 Å². The van der Waals surface area contributed by atoms with Gasteiger partial charge in [-0.3, -0.25) is 4.79 Å². The quantitative estimate of drug-likeness (QED) is 0.896. The zero-order valence-electron chi connectivity index (χ0n) is 13.1. The zero-order chi connectivity index (χ0) is 15.6. The molecule has 1 amide bonds. The summed E-state index contributed by atoms with van der Waals surface area (Å²) >= 11 is 0. The molecule has 1 heterocycles. The van der Waals surface area contributed by atoms with Crippen molar-refractivity contribution in [3.63, 3.8) is 0 Å². The van der Waals surface area contributed by atoms with Crippen LogP contribution in [0.3, 0.4) is 0 Å². The Balaban J connectivity index is 2.08. The van der Waals surface area contributed by atoms with E-state index >= 15 is 0 Å². The first-order chi connectivity index (χ1) is 9.90. The number of halogens is 1. The number of rotatable bonds is 4. The van der Waals surface area contributed by atoms with E-state index < -0.39 is 0 Å². The largest absolute Gasteiger partial charge is 0.370 e. The van der Waals surface area contributed by atoms with Crippen LogP contribution >= 0.6 is 0 Å². The van der Waals surface area contributed by atoms with E-state index in [1.54, 1.807) is 12.1 Å². The second-order valence-corrected chi connectivity index (χ2v) is 6.10. The molecular weight excluding hydrogens is 269 g/mol. The molecule has 1 aliphatic heterocycles. The average molecular weight is 293 g/mol. The van der Waals surface area contributed by atoms with Gasteiger partial charge in [-0.05, 0) is 44.5 Å². The van der Waals surface area contributed by atoms with Crippen molar-refractivity contribution < 1.29 is 9.18 Å². The monoisotopic (exact) mass is 293 g/mol. The molecule has 5 heteroatoms. The Morgan fingerprint density at radius 3 is 2.67 bits per heavy atom. The molecule has 1 fully saturated rings. The minimum atomic E-state index is -0.318. The van der Waals surface area contributed by atoms with Gasteiger partial charge in [0.15, 0.2) is 0 Å². The summed E-state index contributed by atoms with van der Waals surface area (Å²) in [5.74, 6) is -0.106. The molecule has 0 aromatic heterocycles. The van der Waals surface area contributed by atoms with E-state index in [9.17, 15) is 9.18 Å². The van der Waals surface area contributed by atoms with Crippen LogP contribution in [-0.2, 0) is 4.79 Å². The van der Waals surface area contributed by atoms with Gasteiger partial charge in [0, 0.05) is 25.3 Å². The van der Waals surface area contributed by atoms with Crippen LogP contribution < -0.4 is 15.5 Å². The standard InChI is InChI=1S/C16H24FN3O/c1-10(2)20(4)15-6-5-12(7-14(15)17)19-16(21)13-9-18-8-11(13)3/h5-7,10-11,13,18H,8-9H2,1-4H3,(H,19,21). The molecule has 1 saturated heterocycles. The van der Waals surface area contributed by atoms with E-state index in [4.69, 9.17) is 0 Å². The van der Waals surface area contributed by atoms with Crippen molar-refractivity contribution in [1.29, 1.82) is 0 Å². The van der Waals surface area contributed by atoms with Gasteiger partial charge in [0.1, 0.15) is 5.82 Å². The highest BCUT2D eigenvalue weighted by Crippen LogP contribution is 2.24. The average Bonchev–Trinajstić information content (AvgIpc) is 2.84. The summed E-state index contributed by atoms with van der Waals surface area (Å²) in [6.45, 7) is 7.59. The van der Waals surface area contributed by atoms with Crippen LogP contribution in [0.2, 0.25) is 0 Å². The molecule has 2 N–H and O–H groups in total. The van der Waals surface area contributed by atoms with Gasteiger partial charge in [-0.2, -0.15) is 0 Å². The van der Waals surface area contributed by atoms with Gasteiger partial charge in [0.25, 0.3) is 0 Å². The number of amides is 1. The summed E-state index contributed by atoms with van der Waals surface area (Å²) in [5.41, 5.74) is 1.05. The van der Waals surface area contributed by atoms with Crippen molar-refractivity contribution in [1.82, 2.24) is 5.32 Å². The maximum Gasteiger partial charge on any atom is 0.229 e. The fraction of sp³-hybridized carbons (Fsp3) is 0.562. The van der Waals surface area contributed by atoms with Crippen LogP contribution in [0, 0.1) is 17.7 Å². The van der Waals surface area contributed by atoms with Crippen LogP contribution in [0.15, 0.2) is 18.2 Å². The molecule has 2 rings (SSSR count). The Morgan fingerprint density at radius 1 is 1.43 bits per heavy atom. The predicted molar refractivity (Wildman–Crippen MR) is 84.1 cm³/mol. The van der Waals surface area contributed by atoms with Gasteiger partial charge < -0.3 is 15.5 Å². The minimum absolute atomic E-state index is 0.0446. The SMILES string of the molecule is CC1CNCC1C(=O)Nc1ccc(N(C)C(C)C)c(F)c1. The molecule has 0 aliphatic carbocycles. The maximum atomic E-state index is 14.2. The number of carbonyl (C=O) groups is 1. The number of anilines is 2. The third-order valence-corrected chi connectivity index (χ3v) is 4.22. The van der Waals surface area contributed by atoms with E-state index in [2.05, 4.69) is 10.6 Å². The summed E-state index contributed by atoms with van der Waals surface area (Å²) < 4.78 is 14.2. The van der Waals surface area contributed by atoms with E-state index in [0.717, 1.165) is 6.54 Å². The molecule has 116 valence electrons. The lowest BCUT2D eigenvalue weighted by Crippen LogP contribution is -2.28. The van der Waals surface area contributed by atoms with Gasteiger partial charge >= 0.3 is 0 Å². The van der Waals surface area contributed by atoms with Crippen molar-refractivity contribution >= 4 is 17.3 Å². The highest BCUT2D eigenvalue weighted by Gasteiger charge is 2.29. The lowest BCUT2D eigenvalue weighted by atomic mass is 9.97. The molecule has 4 nitrogen and oxygen atoms in total. The molecule has 0 bridgehead atoms. The highest BCUT2D eigenvalue weighted by molar-refractivity contribution is 5.93. The van der Waals surface area contributed by atoms with E-state index in [-0.39, 0.29) is 23.7 Å². The smallest absolute Gasteiger partial charge is 0.229 e. The van der Waals surface area contributed by atoms with Crippen molar-refractivity contribution in [2.45, 2.75) is 26.8 Å². The van der Waals surface area contributed by atoms with E-state index in [0.29, 0.717) is 23.8 Å². The second kappa shape index (κ2) is 6.43. The highest BCUT2D eigenvalue weighted by atomic mass is 19.1. The van der Waals surface area contributed by atoms with Gasteiger partial charge in [-0.15, -0.1) is 0 Å². The zero-order valence-corrected chi connectivity index (χ0v) is 13.1. The molecular formula is C16H24FN3O. The Labute approximate surface area is 125 Å². The molecule has 2 unspecified atom stereocenters. The van der Waals surface area contributed by atoms with Crippen LogP contribution in [0.1, 0.15) is 20.8 Å². The Bertz CT molecular complexity index is 518. The lowest BCUT2D eigenvalue weighted by Gasteiger charge is -2.24. The first kappa shape index (κ1) is 15.8. The first-order valence-corrected chi connectivity index (χ1v) is 7.44. The third-order valence-electron chi connectivity index (χ3n) is 4.22. The predicted octanol–water partition coefficient (Wildman–Crippen LogP) is 2.46. The van der Waals surface area contributed by atoms with Crippen molar-refractivity contribution in [3.05, 3.63) is 24.0 Å². The summed E-state index contributed by atoms with van der Waals surface area (Å²) in [6, 6.07) is 5.06. The number of hydrogen-bond acceptors (Lipinski definition) is 3. The normalized spacial score (nSPS) is 21.6. The van der Waals surface area contributed by atoms with Crippen LogP contribution in [-0.4, -0.2) is 32.1 Å². The fourth-order valence-corrected chi connectivity index (χ4v) is 2.54. The summed E-state index contributed by atoms with van der Waals surface area (Å²) in [4.78, 5) is 14.0. The first-order valence-electron chi connectivity index (χ1n) is 7.44. The summed E-state index contributed by atoms with van der Waals surface area (Å²) in [5, 5.41) is 6.01. The lowest BCUT2D eigenvalue weighted by molar-refractivity contribution is -0.120. The Kier molecular flexibility index (Phi) is 4.83. The maximum absolute atomic E-state index is 14.2. The topological polar surface area (TPSA) is 44.4 Å². The number of carbonyl (C=O) groups excluding carboxylic acids is 1. The van der Waals surface area contributed by atoms with Gasteiger partial charge in [0.2, 0.25) is 5.91 Å². The molecule has 2 atom stereocenters. The molecule has 1 aliphatic rings. The van der Waals surface area contributed by atoms with Crippen molar-refractivity contribution in [3.8, 4) is 0 Å². The minimum Gasteiger partial charge on any atom is -0.370 e. The van der Waals surface area contributed by atoms with Gasteiger partial charge in [-0.25, -0.2) is 4.39 Å². The summed E-state index contributed by atoms with van der Waals surface area (Å²) in [7, 11) is 1.85. The second-order valence-electron chi connectivity index (χ2n) is 6.10. The van der Waals surface area contributed by atoms with E-state index in [1.165, 1.54) is 6.07 Å². The van der Waals surface area contributed by atoms with Crippen molar-refractivity contribution in [2.75, 3.05) is 30.4 Å². The molecule has 1 aromatic carbocycles. The van der Waals surface area contributed by atoms with Gasteiger partial charge in [-0.1, -0.05) is 6.92 Å². The third kappa shape index (κ3) is 3.53. The number of benzene rings is 1. The number of nitrogens with zero attached hydrogens (tertiary/aromatic N) is 1. The Morgan fingerprint density at radius 2 is 2.14 bits per heavy atom. The summed E-state index contributed by atoms with van der Waals surface area (Å²) in [6.07, 6.45) is 0. The van der Waals surface area contributed by atoms with E-state index in [1.807, 2.05) is 32.7 Å². The van der Waals surface area contributed by atoms with Gasteiger partial charge in [0.05, 0.1) is 11.6 Å². The Hall–Kier alpha value is -1.62. The molecule has 0 radical (unpaired) electrons. The van der Waals surface area contributed by atoms with Crippen LogP contribution in [0.5, 0.6) is 0 Å². The number of hydrogen-bond donors (Lipinski definition) is 2. The molecule has 0 saturated carbocycles.